The molecule has 0 aromatic heterocycles. The van der Waals surface area contributed by atoms with Gasteiger partial charge < -0.3 is 10.1 Å². The van der Waals surface area contributed by atoms with E-state index in [2.05, 4.69) is 24.1 Å². The van der Waals surface area contributed by atoms with E-state index in [1.54, 1.807) is 0 Å². The molecule has 0 saturated carbocycles. The molecule has 1 N–H and O–H groups in total. The third kappa shape index (κ3) is 3.67. The second-order valence-corrected chi connectivity index (χ2v) is 5.60. The number of likely N-dealkylation sites (N-methyl/N-ethyl adjacent to an activating group) is 1. The van der Waals surface area contributed by atoms with Crippen LogP contribution in [0.15, 0.2) is 0 Å². The molecular formula is C14H28N2O. The SMILES string of the molecule is CCN(CC1CCCCN1)C(C)C1CCOC1. The van der Waals surface area contributed by atoms with Crippen LogP contribution in [0.2, 0.25) is 0 Å². The third-order valence-corrected chi connectivity index (χ3v) is 4.50. The van der Waals surface area contributed by atoms with Crippen LogP contribution in [-0.2, 0) is 4.74 Å². The molecule has 2 rings (SSSR count). The summed E-state index contributed by atoms with van der Waals surface area (Å²) in [5, 5.41) is 3.66. The molecule has 0 radical (unpaired) electrons. The molecule has 0 spiro atoms. The average molecular weight is 240 g/mol. The zero-order valence-electron chi connectivity index (χ0n) is 11.5. The van der Waals surface area contributed by atoms with Crippen LogP contribution in [0.5, 0.6) is 0 Å². The first-order chi connectivity index (χ1) is 8.31. The van der Waals surface area contributed by atoms with Crippen LogP contribution in [0, 0.1) is 5.92 Å². The van der Waals surface area contributed by atoms with E-state index in [-0.39, 0.29) is 0 Å². The van der Waals surface area contributed by atoms with E-state index in [1.165, 1.54) is 38.8 Å². The Kier molecular flexibility index (Phi) is 5.26. The van der Waals surface area contributed by atoms with Crippen LogP contribution < -0.4 is 5.32 Å². The molecule has 0 aliphatic carbocycles. The summed E-state index contributed by atoms with van der Waals surface area (Å²) in [5.74, 6) is 0.749. The first-order valence-corrected chi connectivity index (χ1v) is 7.36. The Balaban J connectivity index is 1.81. The van der Waals surface area contributed by atoms with Crippen molar-refractivity contribution in [3.8, 4) is 0 Å². The van der Waals surface area contributed by atoms with Crippen LogP contribution in [0.1, 0.15) is 39.5 Å². The zero-order chi connectivity index (χ0) is 12.1. The smallest absolute Gasteiger partial charge is 0.0509 e. The van der Waals surface area contributed by atoms with Gasteiger partial charge in [0.1, 0.15) is 0 Å². The van der Waals surface area contributed by atoms with Crippen molar-refractivity contribution < 1.29 is 4.74 Å². The maximum absolute atomic E-state index is 5.52. The molecule has 100 valence electrons. The predicted molar refractivity (Wildman–Crippen MR) is 71.3 cm³/mol. The lowest BCUT2D eigenvalue weighted by Gasteiger charge is -2.36. The molecule has 2 heterocycles. The molecular weight excluding hydrogens is 212 g/mol. The summed E-state index contributed by atoms with van der Waals surface area (Å²) in [6.07, 6.45) is 5.35. The van der Waals surface area contributed by atoms with E-state index in [0.717, 1.165) is 25.7 Å². The molecule has 2 aliphatic heterocycles. The van der Waals surface area contributed by atoms with Gasteiger partial charge in [0.2, 0.25) is 0 Å². The first-order valence-electron chi connectivity index (χ1n) is 7.36. The van der Waals surface area contributed by atoms with Gasteiger partial charge in [-0.1, -0.05) is 13.3 Å². The van der Waals surface area contributed by atoms with Crippen molar-refractivity contribution in [3.05, 3.63) is 0 Å². The minimum Gasteiger partial charge on any atom is -0.381 e. The highest BCUT2D eigenvalue weighted by Gasteiger charge is 2.27. The molecule has 2 aliphatic rings. The van der Waals surface area contributed by atoms with Crippen LogP contribution >= 0.6 is 0 Å². The summed E-state index contributed by atoms with van der Waals surface area (Å²) in [5.41, 5.74) is 0. The molecule has 17 heavy (non-hydrogen) atoms. The summed E-state index contributed by atoms with van der Waals surface area (Å²) in [7, 11) is 0. The van der Waals surface area contributed by atoms with E-state index in [1.807, 2.05) is 0 Å². The maximum Gasteiger partial charge on any atom is 0.0509 e. The van der Waals surface area contributed by atoms with Crippen molar-refractivity contribution in [3.63, 3.8) is 0 Å². The number of hydrogen-bond acceptors (Lipinski definition) is 3. The summed E-state index contributed by atoms with van der Waals surface area (Å²) in [6.45, 7) is 10.2. The van der Waals surface area contributed by atoms with Crippen molar-refractivity contribution in [2.75, 3.05) is 32.8 Å². The molecule has 0 bridgehead atoms. The third-order valence-electron chi connectivity index (χ3n) is 4.50. The fraction of sp³-hybridized carbons (Fsp3) is 1.00. The number of piperidine rings is 1. The summed E-state index contributed by atoms with van der Waals surface area (Å²) < 4.78 is 5.52. The maximum atomic E-state index is 5.52. The lowest BCUT2D eigenvalue weighted by Crippen LogP contribution is -2.48. The Morgan fingerprint density at radius 1 is 1.35 bits per heavy atom. The van der Waals surface area contributed by atoms with Gasteiger partial charge in [-0.05, 0) is 45.2 Å². The molecule has 3 atom stereocenters. The van der Waals surface area contributed by atoms with Crippen molar-refractivity contribution in [1.82, 2.24) is 10.2 Å². The van der Waals surface area contributed by atoms with E-state index in [4.69, 9.17) is 4.74 Å². The predicted octanol–water partition coefficient (Wildman–Crippen LogP) is 1.88. The Morgan fingerprint density at radius 2 is 2.24 bits per heavy atom. The van der Waals surface area contributed by atoms with Crippen molar-refractivity contribution >= 4 is 0 Å². The summed E-state index contributed by atoms with van der Waals surface area (Å²) in [4.78, 5) is 2.64. The largest absolute Gasteiger partial charge is 0.381 e. The van der Waals surface area contributed by atoms with E-state index in [0.29, 0.717) is 12.1 Å². The van der Waals surface area contributed by atoms with Crippen LogP contribution in [0.3, 0.4) is 0 Å². The van der Waals surface area contributed by atoms with Gasteiger partial charge in [0.05, 0.1) is 6.61 Å². The topological polar surface area (TPSA) is 24.5 Å². The number of rotatable bonds is 5. The van der Waals surface area contributed by atoms with Crippen LogP contribution in [0.25, 0.3) is 0 Å². The molecule has 2 saturated heterocycles. The molecule has 0 aromatic carbocycles. The van der Waals surface area contributed by atoms with E-state index < -0.39 is 0 Å². The average Bonchev–Trinajstić information content (AvgIpc) is 2.90. The van der Waals surface area contributed by atoms with Gasteiger partial charge >= 0.3 is 0 Å². The minimum absolute atomic E-state index is 0.672. The van der Waals surface area contributed by atoms with Gasteiger partial charge in [-0.2, -0.15) is 0 Å². The molecule has 3 heteroatoms. The fourth-order valence-electron chi connectivity index (χ4n) is 3.18. The molecule has 3 nitrogen and oxygen atoms in total. The van der Waals surface area contributed by atoms with Crippen LogP contribution in [-0.4, -0.2) is 49.8 Å². The Hall–Kier alpha value is -0.120. The number of nitrogens with one attached hydrogen (secondary N) is 1. The Labute approximate surface area is 106 Å². The van der Waals surface area contributed by atoms with Gasteiger partial charge in [-0.3, -0.25) is 4.90 Å². The van der Waals surface area contributed by atoms with Gasteiger partial charge in [0.15, 0.2) is 0 Å². The van der Waals surface area contributed by atoms with Crippen molar-refractivity contribution in [2.45, 2.75) is 51.6 Å². The van der Waals surface area contributed by atoms with Crippen molar-refractivity contribution in [1.29, 1.82) is 0 Å². The minimum atomic E-state index is 0.672. The Bertz CT molecular complexity index is 210. The fourth-order valence-corrected chi connectivity index (χ4v) is 3.18. The Morgan fingerprint density at radius 3 is 2.82 bits per heavy atom. The molecule has 2 fully saturated rings. The van der Waals surface area contributed by atoms with Gasteiger partial charge in [-0.15, -0.1) is 0 Å². The summed E-state index contributed by atoms with van der Waals surface area (Å²) >= 11 is 0. The van der Waals surface area contributed by atoms with E-state index >= 15 is 0 Å². The van der Waals surface area contributed by atoms with Gasteiger partial charge in [0.25, 0.3) is 0 Å². The first kappa shape index (κ1) is 13.3. The van der Waals surface area contributed by atoms with Crippen LogP contribution in [0.4, 0.5) is 0 Å². The highest BCUT2D eigenvalue weighted by atomic mass is 16.5. The van der Waals surface area contributed by atoms with Crippen molar-refractivity contribution in [2.24, 2.45) is 5.92 Å². The van der Waals surface area contributed by atoms with Gasteiger partial charge in [0, 0.05) is 25.2 Å². The molecule has 3 unspecified atom stereocenters. The normalized spacial score (nSPS) is 31.9. The quantitative estimate of drug-likeness (QED) is 0.794. The van der Waals surface area contributed by atoms with E-state index in [9.17, 15) is 0 Å². The lowest BCUT2D eigenvalue weighted by atomic mass is 9.97. The molecule has 0 amide bonds. The standard InChI is InChI=1S/C14H28N2O/c1-3-16(10-14-6-4-5-8-15-14)12(2)13-7-9-17-11-13/h12-15H,3-11H2,1-2H3. The number of ether oxygens (including phenoxy) is 1. The van der Waals surface area contributed by atoms with Gasteiger partial charge in [-0.25, -0.2) is 0 Å². The lowest BCUT2D eigenvalue weighted by molar-refractivity contribution is 0.119. The highest BCUT2D eigenvalue weighted by Crippen LogP contribution is 2.21. The number of hydrogen-bond donors (Lipinski definition) is 1. The monoisotopic (exact) mass is 240 g/mol. The molecule has 0 aromatic rings. The zero-order valence-corrected chi connectivity index (χ0v) is 11.5. The second kappa shape index (κ2) is 6.72. The second-order valence-electron chi connectivity index (χ2n) is 5.60. The summed E-state index contributed by atoms with van der Waals surface area (Å²) in [6, 6.07) is 1.39. The highest BCUT2D eigenvalue weighted by molar-refractivity contribution is 4.82. The number of nitrogens with zero attached hydrogens (tertiary/aromatic N) is 1.